The van der Waals surface area contributed by atoms with Crippen molar-refractivity contribution in [3.63, 3.8) is 0 Å². The van der Waals surface area contributed by atoms with Crippen molar-refractivity contribution in [1.82, 2.24) is 20.4 Å². The molecule has 1 fully saturated rings. The number of carbonyl (C=O) groups excluding carboxylic acids is 3. The lowest BCUT2D eigenvalue weighted by Crippen LogP contribution is -2.49. The maximum absolute atomic E-state index is 12.6. The van der Waals surface area contributed by atoms with Crippen molar-refractivity contribution in [2.45, 2.75) is 6.04 Å². The highest BCUT2D eigenvalue weighted by Crippen LogP contribution is 2.19. The second-order valence-electron chi connectivity index (χ2n) is 5.79. The van der Waals surface area contributed by atoms with E-state index in [-0.39, 0.29) is 12.5 Å². The fourth-order valence-electron chi connectivity index (χ4n) is 2.70. The van der Waals surface area contributed by atoms with Crippen LogP contribution in [-0.4, -0.2) is 74.6 Å². The number of likely N-dealkylation sites (N-methyl/N-ethyl adjacent to an activating group) is 1. The summed E-state index contributed by atoms with van der Waals surface area (Å²) in [6, 6.07) is 7.73. The number of urea groups is 1. The van der Waals surface area contributed by atoms with Crippen LogP contribution in [0, 0.1) is 0 Å². The molecule has 1 saturated heterocycles. The monoisotopic (exact) mass is 348 g/mol. The smallest absolute Gasteiger partial charge is 0.321 e. The molecule has 25 heavy (non-hydrogen) atoms. The third-order valence-electron chi connectivity index (χ3n) is 4.02. The van der Waals surface area contributed by atoms with E-state index in [1.165, 1.54) is 7.05 Å². The van der Waals surface area contributed by atoms with E-state index >= 15 is 0 Å². The van der Waals surface area contributed by atoms with Gasteiger partial charge in [-0.3, -0.25) is 19.8 Å². The molecule has 0 spiro atoms. The topological polar surface area (TPSA) is 91.0 Å². The van der Waals surface area contributed by atoms with Crippen LogP contribution in [0.1, 0.15) is 11.6 Å². The van der Waals surface area contributed by atoms with Crippen molar-refractivity contribution in [1.29, 1.82) is 0 Å². The molecule has 1 aliphatic heterocycles. The van der Waals surface area contributed by atoms with Crippen LogP contribution in [0.2, 0.25) is 0 Å². The minimum atomic E-state index is -0.747. The van der Waals surface area contributed by atoms with Crippen LogP contribution in [-0.2, 0) is 14.3 Å². The predicted octanol–water partition coefficient (Wildman–Crippen LogP) is -0.0261. The van der Waals surface area contributed by atoms with Gasteiger partial charge in [0.15, 0.2) is 0 Å². The van der Waals surface area contributed by atoms with Crippen molar-refractivity contribution in [2.75, 3.05) is 46.9 Å². The highest BCUT2D eigenvalue weighted by molar-refractivity contribution is 5.97. The van der Waals surface area contributed by atoms with E-state index in [2.05, 4.69) is 10.6 Å². The zero-order valence-electron chi connectivity index (χ0n) is 14.5. The summed E-state index contributed by atoms with van der Waals surface area (Å²) in [5.41, 5.74) is 0.709. The van der Waals surface area contributed by atoms with Gasteiger partial charge in [-0.25, -0.2) is 4.79 Å². The Bertz CT molecular complexity index is 602. The van der Waals surface area contributed by atoms with Gasteiger partial charge in [-0.1, -0.05) is 30.3 Å². The number of nitrogens with zero attached hydrogens (tertiary/aromatic N) is 2. The molecule has 2 rings (SSSR count). The number of amides is 4. The normalized spacial score (nSPS) is 15.6. The number of nitrogens with one attached hydrogen (secondary N) is 2. The van der Waals surface area contributed by atoms with E-state index in [0.717, 1.165) is 0 Å². The van der Waals surface area contributed by atoms with Gasteiger partial charge < -0.3 is 15.0 Å². The number of hydrogen-bond donors (Lipinski definition) is 2. The lowest BCUT2D eigenvalue weighted by atomic mass is 10.0. The van der Waals surface area contributed by atoms with Crippen LogP contribution in [0.25, 0.3) is 0 Å². The van der Waals surface area contributed by atoms with Crippen LogP contribution < -0.4 is 10.6 Å². The first-order chi connectivity index (χ1) is 12.0. The standard InChI is InChI=1S/C17H24N4O4/c1-18-17(24)19-16(23)15(13-6-4-3-5-7-13)20(2)12-14(22)21-8-10-25-11-9-21/h3-7,15H,8-12H2,1-2H3,(H2,18,19,23,24)/t15-/m0/s1. The molecule has 0 aromatic heterocycles. The average molecular weight is 348 g/mol. The van der Waals surface area contributed by atoms with E-state index < -0.39 is 18.0 Å². The van der Waals surface area contributed by atoms with Gasteiger partial charge in [0, 0.05) is 20.1 Å². The zero-order valence-corrected chi connectivity index (χ0v) is 14.5. The maximum atomic E-state index is 12.6. The van der Waals surface area contributed by atoms with Crippen LogP contribution in [0.5, 0.6) is 0 Å². The first-order valence-corrected chi connectivity index (χ1v) is 8.16. The molecule has 0 aliphatic carbocycles. The Morgan fingerprint density at radius 3 is 2.44 bits per heavy atom. The molecule has 8 nitrogen and oxygen atoms in total. The second kappa shape index (κ2) is 9.14. The molecule has 4 amide bonds. The zero-order chi connectivity index (χ0) is 18.2. The highest BCUT2D eigenvalue weighted by Gasteiger charge is 2.29. The van der Waals surface area contributed by atoms with Crippen LogP contribution >= 0.6 is 0 Å². The maximum Gasteiger partial charge on any atom is 0.321 e. The van der Waals surface area contributed by atoms with E-state index in [1.54, 1.807) is 29.0 Å². The summed E-state index contributed by atoms with van der Waals surface area (Å²) in [5, 5.41) is 4.64. The van der Waals surface area contributed by atoms with Gasteiger partial charge in [0.05, 0.1) is 19.8 Å². The lowest BCUT2D eigenvalue weighted by molar-refractivity contribution is -0.137. The van der Waals surface area contributed by atoms with Gasteiger partial charge in [-0.2, -0.15) is 0 Å². The SMILES string of the molecule is CNC(=O)NC(=O)[C@H](c1ccccc1)N(C)CC(=O)N1CCOCC1. The second-order valence-corrected chi connectivity index (χ2v) is 5.79. The summed E-state index contributed by atoms with van der Waals surface area (Å²) in [6.45, 7) is 2.21. The molecule has 1 heterocycles. The third kappa shape index (κ3) is 5.27. The number of hydrogen-bond acceptors (Lipinski definition) is 5. The van der Waals surface area contributed by atoms with E-state index in [0.29, 0.717) is 31.9 Å². The molecule has 0 unspecified atom stereocenters. The number of morpholine rings is 1. The molecular formula is C17H24N4O4. The summed E-state index contributed by atoms with van der Waals surface area (Å²) in [6.07, 6.45) is 0. The first kappa shape index (κ1) is 18.9. The van der Waals surface area contributed by atoms with Gasteiger partial charge >= 0.3 is 6.03 Å². The summed E-state index contributed by atoms with van der Waals surface area (Å²) in [5.74, 6) is -0.553. The first-order valence-electron chi connectivity index (χ1n) is 8.16. The predicted molar refractivity (Wildman–Crippen MR) is 91.8 cm³/mol. The molecule has 1 aromatic rings. The Morgan fingerprint density at radius 1 is 1.20 bits per heavy atom. The fraction of sp³-hybridized carbons (Fsp3) is 0.471. The van der Waals surface area contributed by atoms with Crippen LogP contribution in [0.3, 0.4) is 0 Å². The number of carbonyl (C=O) groups is 3. The summed E-state index contributed by atoms with van der Waals surface area (Å²) in [4.78, 5) is 39.9. The van der Waals surface area contributed by atoms with Gasteiger partial charge in [0.2, 0.25) is 11.8 Å². The molecule has 136 valence electrons. The van der Waals surface area contributed by atoms with Crippen LogP contribution in [0.4, 0.5) is 4.79 Å². The Kier molecular flexibility index (Phi) is 6.91. The average Bonchev–Trinajstić information content (AvgIpc) is 2.63. The van der Waals surface area contributed by atoms with Crippen molar-refractivity contribution in [2.24, 2.45) is 0 Å². The molecule has 1 aliphatic rings. The van der Waals surface area contributed by atoms with Crippen molar-refractivity contribution in [3.05, 3.63) is 35.9 Å². The number of ether oxygens (including phenoxy) is 1. The van der Waals surface area contributed by atoms with Crippen LogP contribution in [0.15, 0.2) is 30.3 Å². The Balaban J connectivity index is 2.11. The third-order valence-corrected chi connectivity index (χ3v) is 4.02. The summed E-state index contributed by atoms with van der Waals surface area (Å²) >= 11 is 0. The number of benzene rings is 1. The van der Waals surface area contributed by atoms with E-state index in [9.17, 15) is 14.4 Å². The number of rotatable bonds is 5. The lowest BCUT2D eigenvalue weighted by Gasteiger charge is -2.31. The van der Waals surface area contributed by atoms with E-state index in [4.69, 9.17) is 4.74 Å². The number of imide groups is 1. The molecule has 8 heteroatoms. The fourth-order valence-corrected chi connectivity index (χ4v) is 2.70. The molecule has 1 atom stereocenters. The molecule has 0 saturated carbocycles. The minimum absolute atomic E-state index is 0.0699. The minimum Gasteiger partial charge on any atom is -0.378 e. The van der Waals surface area contributed by atoms with Crippen molar-refractivity contribution >= 4 is 17.8 Å². The van der Waals surface area contributed by atoms with Crippen molar-refractivity contribution in [3.8, 4) is 0 Å². The van der Waals surface area contributed by atoms with Gasteiger partial charge in [0.25, 0.3) is 0 Å². The van der Waals surface area contributed by atoms with Gasteiger partial charge in [-0.15, -0.1) is 0 Å². The van der Waals surface area contributed by atoms with Gasteiger partial charge in [-0.05, 0) is 12.6 Å². The molecule has 0 radical (unpaired) electrons. The van der Waals surface area contributed by atoms with E-state index in [1.807, 2.05) is 18.2 Å². The Hall–Kier alpha value is -2.45. The largest absolute Gasteiger partial charge is 0.378 e. The molecular weight excluding hydrogens is 324 g/mol. The molecule has 1 aromatic carbocycles. The Labute approximate surface area is 147 Å². The quantitative estimate of drug-likeness (QED) is 0.780. The van der Waals surface area contributed by atoms with Crippen molar-refractivity contribution < 1.29 is 19.1 Å². The summed E-state index contributed by atoms with van der Waals surface area (Å²) in [7, 11) is 3.13. The Morgan fingerprint density at radius 2 is 1.84 bits per heavy atom. The summed E-state index contributed by atoms with van der Waals surface area (Å²) < 4.78 is 5.25. The molecule has 0 bridgehead atoms. The highest BCUT2D eigenvalue weighted by atomic mass is 16.5. The van der Waals surface area contributed by atoms with Gasteiger partial charge in [0.1, 0.15) is 6.04 Å². The molecule has 2 N–H and O–H groups in total.